The van der Waals surface area contributed by atoms with Gasteiger partial charge in [0.1, 0.15) is 5.82 Å². The smallest absolute Gasteiger partial charge is 0.296 e. The fourth-order valence-corrected chi connectivity index (χ4v) is 1.45. The number of hydrogen-bond donors (Lipinski definition) is 3. The van der Waals surface area contributed by atoms with Gasteiger partial charge < -0.3 is 5.73 Å². The van der Waals surface area contributed by atoms with Crippen molar-refractivity contribution in [2.75, 3.05) is 11.3 Å². The molecule has 0 bridgehead atoms. The molecule has 0 spiro atoms. The maximum atomic E-state index is 13.3. The molecule has 0 saturated heterocycles. The van der Waals surface area contributed by atoms with E-state index in [1.165, 1.54) is 12.1 Å². The summed E-state index contributed by atoms with van der Waals surface area (Å²) in [6.07, 6.45) is 0. The molecule has 0 unspecified atom stereocenters. The lowest BCUT2D eigenvalue weighted by Crippen LogP contribution is -2.21. The van der Waals surface area contributed by atoms with Gasteiger partial charge in [0.25, 0.3) is 10.2 Å². The van der Waals surface area contributed by atoms with Crippen LogP contribution in [0.15, 0.2) is 18.2 Å². The molecule has 0 heterocycles. The SMILES string of the molecule is NCC#Cc1ccc(NS(N)(=O)=O)cc1F. The fourth-order valence-electron chi connectivity index (χ4n) is 0.990. The van der Waals surface area contributed by atoms with Crippen LogP contribution in [-0.2, 0) is 10.2 Å². The van der Waals surface area contributed by atoms with Gasteiger partial charge in [-0.1, -0.05) is 11.8 Å². The molecule has 5 nitrogen and oxygen atoms in total. The first-order valence-corrected chi connectivity index (χ1v) is 5.76. The summed E-state index contributed by atoms with van der Waals surface area (Å²) in [6.45, 7) is 0.122. The van der Waals surface area contributed by atoms with E-state index in [-0.39, 0.29) is 17.8 Å². The van der Waals surface area contributed by atoms with Gasteiger partial charge in [-0.2, -0.15) is 8.42 Å². The molecule has 0 amide bonds. The van der Waals surface area contributed by atoms with Gasteiger partial charge >= 0.3 is 0 Å². The third-order valence-corrected chi connectivity index (χ3v) is 2.07. The fraction of sp³-hybridized carbons (Fsp3) is 0.111. The van der Waals surface area contributed by atoms with Crippen molar-refractivity contribution in [3.05, 3.63) is 29.6 Å². The summed E-state index contributed by atoms with van der Waals surface area (Å²) in [6, 6.07) is 3.68. The molecule has 7 heteroatoms. The molecule has 0 aromatic heterocycles. The average molecular weight is 243 g/mol. The summed E-state index contributed by atoms with van der Waals surface area (Å²) < 4.78 is 36.6. The Hall–Kier alpha value is -1.62. The number of anilines is 1. The maximum Gasteiger partial charge on any atom is 0.296 e. The lowest BCUT2D eigenvalue weighted by Gasteiger charge is -2.03. The zero-order valence-corrected chi connectivity index (χ0v) is 9.01. The largest absolute Gasteiger partial charge is 0.320 e. The lowest BCUT2D eigenvalue weighted by molar-refractivity contribution is 0.602. The van der Waals surface area contributed by atoms with E-state index in [0.717, 1.165) is 6.07 Å². The molecule has 0 radical (unpaired) electrons. The molecule has 16 heavy (non-hydrogen) atoms. The summed E-state index contributed by atoms with van der Waals surface area (Å²) in [7, 11) is -3.90. The van der Waals surface area contributed by atoms with E-state index in [9.17, 15) is 12.8 Å². The number of benzene rings is 1. The number of nitrogens with one attached hydrogen (secondary N) is 1. The molecule has 0 saturated carbocycles. The van der Waals surface area contributed by atoms with Crippen molar-refractivity contribution in [2.45, 2.75) is 0 Å². The Labute approximate surface area is 92.8 Å². The Bertz CT molecular complexity index is 546. The molecule has 0 aliphatic heterocycles. The van der Waals surface area contributed by atoms with Crippen LogP contribution >= 0.6 is 0 Å². The molecule has 86 valence electrons. The standard InChI is InChI=1S/C9H10FN3O2S/c10-9-6-8(13-16(12,14)15)4-3-7(9)2-1-5-11/h3-4,6,13H,5,11H2,(H2,12,14,15). The van der Waals surface area contributed by atoms with Crippen molar-refractivity contribution < 1.29 is 12.8 Å². The van der Waals surface area contributed by atoms with E-state index in [1.807, 2.05) is 4.72 Å². The Morgan fingerprint density at radius 2 is 2.12 bits per heavy atom. The van der Waals surface area contributed by atoms with Crippen LogP contribution in [0.4, 0.5) is 10.1 Å². The van der Waals surface area contributed by atoms with E-state index in [0.29, 0.717) is 0 Å². The molecule has 1 rings (SSSR count). The van der Waals surface area contributed by atoms with Crippen molar-refractivity contribution in [3.8, 4) is 11.8 Å². The molecule has 0 atom stereocenters. The zero-order valence-electron chi connectivity index (χ0n) is 8.20. The normalized spacial score (nSPS) is 10.4. The number of halogens is 1. The second kappa shape index (κ2) is 4.94. The van der Waals surface area contributed by atoms with Crippen LogP contribution in [0.25, 0.3) is 0 Å². The third kappa shape index (κ3) is 3.86. The Morgan fingerprint density at radius 1 is 1.44 bits per heavy atom. The summed E-state index contributed by atoms with van der Waals surface area (Å²) >= 11 is 0. The monoisotopic (exact) mass is 243 g/mol. The first kappa shape index (κ1) is 12.4. The summed E-state index contributed by atoms with van der Waals surface area (Å²) in [5, 5.41) is 4.73. The first-order valence-electron chi connectivity index (χ1n) is 4.21. The van der Waals surface area contributed by atoms with Gasteiger partial charge in [-0.15, -0.1) is 0 Å². The first-order chi connectivity index (χ1) is 7.42. The second-order valence-electron chi connectivity index (χ2n) is 2.85. The van der Waals surface area contributed by atoms with Gasteiger partial charge in [0.2, 0.25) is 0 Å². The van der Waals surface area contributed by atoms with Crippen LogP contribution in [0.2, 0.25) is 0 Å². The zero-order chi connectivity index (χ0) is 12.2. The van der Waals surface area contributed by atoms with Crippen LogP contribution in [0.3, 0.4) is 0 Å². The van der Waals surface area contributed by atoms with Crippen molar-refractivity contribution in [3.63, 3.8) is 0 Å². The second-order valence-corrected chi connectivity index (χ2v) is 4.14. The van der Waals surface area contributed by atoms with Crippen molar-refractivity contribution in [1.29, 1.82) is 0 Å². The predicted molar refractivity (Wildman–Crippen MR) is 59.1 cm³/mol. The van der Waals surface area contributed by atoms with Gasteiger partial charge in [-0.05, 0) is 18.2 Å². The summed E-state index contributed by atoms with van der Waals surface area (Å²) in [4.78, 5) is 0. The average Bonchev–Trinajstić information content (AvgIpc) is 2.14. The molecule has 0 aliphatic carbocycles. The minimum Gasteiger partial charge on any atom is -0.320 e. The van der Waals surface area contributed by atoms with E-state index in [1.54, 1.807) is 0 Å². The molecule has 5 N–H and O–H groups in total. The van der Waals surface area contributed by atoms with Gasteiger partial charge in [0, 0.05) is 0 Å². The summed E-state index contributed by atoms with van der Waals surface area (Å²) in [5.74, 6) is 4.35. The Balaban J connectivity index is 3.00. The number of nitrogens with two attached hydrogens (primary N) is 2. The van der Waals surface area contributed by atoms with E-state index in [2.05, 4.69) is 11.8 Å². The van der Waals surface area contributed by atoms with E-state index < -0.39 is 16.0 Å². The quantitative estimate of drug-likeness (QED) is 0.625. The Morgan fingerprint density at radius 3 is 2.62 bits per heavy atom. The molecule has 0 fully saturated rings. The highest BCUT2D eigenvalue weighted by Gasteiger charge is 2.05. The number of hydrogen-bond acceptors (Lipinski definition) is 3. The van der Waals surface area contributed by atoms with Crippen LogP contribution in [0.5, 0.6) is 0 Å². The predicted octanol–water partition coefficient (Wildman–Crippen LogP) is -0.249. The van der Waals surface area contributed by atoms with Gasteiger partial charge in [-0.3, -0.25) is 4.72 Å². The molecular formula is C9H10FN3O2S. The Kier molecular flexibility index (Phi) is 3.84. The number of rotatable bonds is 2. The highest BCUT2D eigenvalue weighted by molar-refractivity contribution is 7.90. The van der Waals surface area contributed by atoms with Crippen LogP contribution in [0.1, 0.15) is 5.56 Å². The lowest BCUT2D eigenvalue weighted by atomic mass is 10.2. The molecule has 1 aromatic carbocycles. The molecule has 1 aromatic rings. The topological polar surface area (TPSA) is 98.2 Å². The maximum absolute atomic E-state index is 13.3. The highest BCUT2D eigenvalue weighted by Crippen LogP contribution is 2.14. The van der Waals surface area contributed by atoms with Gasteiger partial charge in [0.05, 0.1) is 17.8 Å². The van der Waals surface area contributed by atoms with Crippen molar-refractivity contribution >= 4 is 15.9 Å². The molecule has 0 aliphatic rings. The minimum atomic E-state index is -3.90. The highest BCUT2D eigenvalue weighted by atomic mass is 32.2. The van der Waals surface area contributed by atoms with Gasteiger partial charge in [0.15, 0.2) is 0 Å². The van der Waals surface area contributed by atoms with Crippen LogP contribution in [-0.4, -0.2) is 15.0 Å². The minimum absolute atomic E-state index is 0.0401. The summed E-state index contributed by atoms with van der Waals surface area (Å²) in [5.41, 5.74) is 5.32. The van der Waals surface area contributed by atoms with E-state index >= 15 is 0 Å². The van der Waals surface area contributed by atoms with E-state index in [4.69, 9.17) is 10.9 Å². The van der Waals surface area contributed by atoms with Crippen LogP contribution in [0, 0.1) is 17.7 Å². The van der Waals surface area contributed by atoms with Crippen molar-refractivity contribution in [1.82, 2.24) is 0 Å². The third-order valence-electron chi connectivity index (χ3n) is 1.55. The van der Waals surface area contributed by atoms with Gasteiger partial charge in [-0.25, -0.2) is 9.53 Å². The van der Waals surface area contributed by atoms with Crippen molar-refractivity contribution in [2.24, 2.45) is 10.9 Å². The molecular weight excluding hydrogens is 233 g/mol. The van der Waals surface area contributed by atoms with Crippen LogP contribution < -0.4 is 15.6 Å².